The largest absolute Gasteiger partial charge is 0.355 e. The second-order valence-electron chi connectivity index (χ2n) is 4.73. The second-order valence-corrected chi connectivity index (χ2v) is 4.73. The number of nitrogens with zero attached hydrogens (tertiary/aromatic N) is 1. The van der Waals surface area contributed by atoms with Gasteiger partial charge in [0, 0.05) is 31.6 Å². The van der Waals surface area contributed by atoms with Crippen LogP contribution >= 0.6 is 0 Å². The minimum absolute atomic E-state index is 0.167. The van der Waals surface area contributed by atoms with E-state index in [-0.39, 0.29) is 5.91 Å². The van der Waals surface area contributed by atoms with Crippen molar-refractivity contribution in [1.82, 2.24) is 10.2 Å². The molecule has 0 aliphatic carbocycles. The molecule has 1 aromatic rings. The highest BCUT2D eigenvalue weighted by molar-refractivity contribution is 5.76. The van der Waals surface area contributed by atoms with Gasteiger partial charge in [-0.1, -0.05) is 30.3 Å². The van der Waals surface area contributed by atoms with Gasteiger partial charge in [0.2, 0.25) is 5.91 Å². The molecule has 1 heterocycles. The van der Waals surface area contributed by atoms with Crippen LogP contribution in [0.2, 0.25) is 0 Å². The van der Waals surface area contributed by atoms with Gasteiger partial charge in [-0.3, -0.25) is 9.69 Å². The van der Waals surface area contributed by atoms with E-state index < -0.39 is 0 Å². The van der Waals surface area contributed by atoms with E-state index in [1.165, 1.54) is 5.56 Å². The Morgan fingerprint density at radius 3 is 2.76 bits per heavy atom. The lowest BCUT2D eigenvalue weighted by atomic mass is 10.0. The number of amides is 1. The molecule has 1 amide bonds. The zero-order valence-corrected chi connectivity index (χ0v) is 10.5. The van der Waals surface area contributed by atoms with Gasteiger partial charge in [0.25, 0.3) is 0 Å². The number of nitrogens with one attached hydrogen (secondary N) is 1. The van der Waals surface area contributed by atoms with Crippen LogP contribution in [0, 0.1) is 0 Å². The molecule has 0 spiro atoms. The summed E-state index contributed by atoms with van der Waals surface area (Å²) < 4.78 is 0. The summed E-state index contributed by atoms with van der Waals surface area (Å²) in [5, 5.41) is 2.93. The molecule has 0 saturated carbocycles. The molecule has 0 aromatic heterocycles. The highest BCUT2D eigenvalue weighted by atomic mass is 16.1. The number of hydrogen-bond acceptors (Lipinski definition) is 2. The van der Waals surface area contributed by atoms with Crippen molar-refractivity contribution in [2.24, 2.45) is 0 Å². The van der Waals surface area contributed by atoms with Crippen molar-refractivity contribution in [3.05, 3.63) is 35.9 Å². The van der Waals surface area contributed by atoms with Gasteiger partial charge < -0.3 is 5.32 Å². The van der Waals surface area contributed by atoms with Crippen molar-refractivity contribution >= 4 is 5.91 Å². The first-order chi connectivity index (χ1) is 8.18. The molecular formula is C14H20N2O. The Morgan fingerprint density at radius 2 is 2.06 bits per heavy atom. The van der Waals surface area contributed by atoms with Gasteiger partial charge in [-0.05, 0) is 19.4 Å². The first-order valence-corrected chi connectivity index (χ1v) is 6.26. The summed E-state index contributed by atoms with van der Waals surface area (Å²) in [6, 6.07) is 11.1. The van der Waals surface area contributed by atoms with E-state index in [1.807, 2.05) is 6.07 Å². The van der Waals surface area contributed by atoms with Gasteiger partial charge in [0.1, 0.15) is 0 Å². The quantitative estimate of drug-likeness (QED) is 0.845. The Balaban J connectivity index is 2.13. The monoisotopic (exact) mass is 232 g/mol. The fourth-order valence-electron chi connectivity index (χ4n) is 2.50. The average molecular weight is 232 g/mol. The van der Waals surface area contributed by atoms with Crippen LogP contribution in [0.15, 0.2) is 30.3 Å². The van der Waals surface area contributed by atoms with Crippen LogP contribution in [0.25, 0.3) is 0 Å². The van der Waals surface area contributed by atoms with Gasteiger partial charge in [0.05, 0.1) is 0 Å². The molecule has 0 unspecified atom stereocenters. The van der Waals surface area contributed by atoms with Crippen LogP contribution in [0.3, 0.4) is 0 Å². The van der Waals surface area contributed by atoms with Gasteiger partial charge in [0.15, 0.2) is 0 Å². The molecule has 1 aliphatic rings. The van der Waals surface area contributed by atoms with Gasteiger partial charge in [-0.25, -0.2) is 0 Å². The van der Waals surface area contributed by atoms with Gasteiger partial charge in [-0.2, -0.15) is 0 Å². The molecule has 0 bridgehead atoms. The Bertz CT molecular complexity index is 377. The van der Waals surface area contributed by atoms with Crippen molar-refractivity contribution < 1.29 is 4.79 Å². The molecule has 3 nitrogen and oxygen atoms in total. The maximum atomic E-state index is 11.5. The molecule has 0 radical (unpaired) electrons. The minimum atomic E-state index is 0.167. The molecule has 1 fully saturated rings. The zero-order chi connectivity index (χ0) is 12.3. The first-order valence-electron chi connectivity index (χ1n) is 6.26. The molecule has 1 N–H and O–H groups in total. The van der Waals surface area contributed by atoms with E-state index >= 15 is 0 Å². The van der Waals surface area contributed by atoms with E-state index in [1.54, 1.807) is 0 Å². The maximum Gasteiger partial charge on any atom is 0.221 e. The number of carbonyl (C=O) groups excluding carboxylic acids is 1. The number of benzene rings is 1. The fraction of sp³-hybridized carbons (Fsp3) is 0.500. The standard InChI is InChI=1S/C14H20N2O/c1-11-10-14(17)15-8-9-16(11)12(2)13-6-4-3-5-7-13/h3-7,11-12H,8-10H2,1-2H3,(H,15,17)/t11-,12-/m1/s1. The number of carbonyl (C=O) groups is 1. The van der Waals surface area contributed by atoms with Crippen LogP contribution < -0.4 is 5.32 Å². The lowest BCUT2D eigenvalue weighted by Crippen LogP contribution is -2.36. The predicted molar refractivity (Wildman–Crippen MR) is 68.7 cm³/mol. The predicted octanol–water partition coefficient (Wildman–Crippen LogP) is 1.96. The Morgan fingerprint density at radius 1 is 1.35 bits per heavy atom. The minimum Gasteiger partial charge on any atom is -0.355 e. The fourth-order valence-corrected chi connectivity index (χ4v) is 2.50. The summed E-state index contributed by atoms with van der Waals surface area (Å²) in [6.07, 6.45) is 0.594. The topological polar surface area (TPSA) is 32.3 Å². The third-order valence-electron chi connectivity index (χ3n) is 3.52. The smallest absolute Gasteiger partial charge is 0.221 e. The second kappa shape index (κ2) is 5.32. The Hall–Kier alpha value is -1.35. The first kappa shape index (κ1) is 12.1. The summed E-state index contributed by atoms with van der Waals surface area (Å²) in [5.41, 5.74) is 1.31. The lowest BCUT2D eigenvalue weighted by molar-refractivity contribution is -0.121. The van der Waals surface area contributed by atoms with Crippen LogP contribution in [0.4, 0.5) is 0 Å². The van der Waals surface area contributed by atoms with Crippen molar-refractivity contribution in [1.29, 1.82) is 0 Å². The normalized spacial score (nSPS) is 23.9. The van der Waals surface area contributed by atoms with E-state index in [0.29, 0.717) is 18.5 Å². The van der Waals surface area contributed by atoms with E-state index in [2.05, 4.69) is 48.3 Å². The van der Waals surface area contributed by atoms with Crippen LogP contribution in [-0.2, 0) is 4.79 Å². The molecule has 1 aromatic carbocycles. The maximum absolute atomic E-state index is 11.5. The average Bonchev–Trinajstić information content (AvgIpc) is 2.50. The summed E-state index contributed by atoms with van der Waals surface area (Å²) in [5.74, 6) is 0.167. The molecule has 2 atom stereocenters. The third kappa shape index (κ3) is 2.86. The Kier molecular flexibility index (Phi) is 3.79. The molecule has 2 rings (SSSR count). The molecular weight excluding hydrogens is 212 g/mol. The van der Waals surface area contributed by atoms with Crippen LogP contribution in [0.1, 0.15) is 31.9 Å². The molecule has 1 saturated heterocycles. The summed E-state index contributed by atoms with van der Waals surface area (Å²) in [7, 11) is 0. The van der Waals surface area contributed by atoms with Gasteiger partial charge in [-0.15, -0.1) is 0 Å². The Labute approximate surface area is 103 Å². The van der Waals surface area contributed by atoms with Crippen molar-refractivity contribution in [3.8, 4) is 0 Å². The van der Waals surface area contributed by atoms with Crippen LogP contribution in [-0.4, -0.2) is 29.9 Å². The molecule has 92 valence electrons. The molecule has 3 heteroatoms. The van der Waals surface area contributed by atoms with Gasteiger partial charge >= 0.3 is 0 Å². The number of rotatable bonds is 2. The lowest BCUT2D eigenvalue weighted by Gasteiger charge is -2.32. The van der Waals surface area contributed by atoms with E-state index in [4.69, 9.17) is 0 Å². The zero-order valence-electron chi connectivity index (χ0n) is 10.5. The summed E-state index contributed by atoms with van der Waals surface area (Å²) >= 11 is 0. The third-order valence-corrected chi connectivity index (χ3v) is 3.52. The van der Waals surface area contributed by atoms with Crippen molar-refractivity contribution in [2.75, 3.05) is 13.1 Å². The van der Waals surface area contributed by atoms with E-state index in [0.717, 1.165) is 13.1 Å². The number of hydrogen-bond donors (Lipinski definition) is 1. The highest BCUT2D eigenvalue weighted by Crippen LogP contribution is 2.23. The summed E-state index contributed by atoms with van der Waals surface area (Å²) in [4.78, 5) is 13.9. The van der Waals surface area contributed by atoms with Crippen molar-refractivity contribution in [2.45, 2.75) is 32.4 Å². The van der Waals surface area contributed by atoms with Crippen molar-refractivity contribution in [3.63, 3.8) is 0 Å². The molecule has 1 aliphatic heterocycles. The highest BCUT2D eigenvalue weighted by Gasteiger charge is 2.25. The molecule has 17 heavy (non-hydrogen) atoms. The summed E-state index contributed by atoms with van der Waals surface area (Å²) in [6.45, 7) is 6.01. The van der Waals surface area contributed by atoms with E-state index in [9.17, 15) is 4.79 Å². The van der Waals surface area contributed by atoms with Crippen LogP contribution in [0.5, 0.6) is 0 Å². The SMILES string of the molecule is C[C@@H]1CC(=O)NCCN1[C@H](C)c1ccccc1.